The second kappa shape index (κ2) is 4.62. The van der Waals surface area contributed by atoms with Crippen molar-refractivity contribution >= 4 is 28.9 Å². The van der Waals surface area contributed by atoms with E-state index in [1.165, 1.54) is 6.33 Å². The number of nitrogens with two attached hydrogens (primary N) is 2. The Kier molecular flexibility index (Phi) is 3.19. The summed E-state index contributed by atoms with van der Waals surface area (Å²) in [6.07, 6.45) is 4.60. The Morgan fingerprint density at radius 1 is 1.53 bits per heavy atom. The highest BCUT2D eigenvalue weighted by Gasteiger charge is 2.31. The third kappa shape index (κ3) is 2.19. The van der Waals surface area contributed by atoms with Crippen molar-refractivity contribution in [2.24, 2.45) is 11.5 Å². The Morgan fingerprint density at radius 3 is 2.94 bits per heavy atom. The number of thiocarbonyl (C=S) groups is 1. The van der Waals surface area contributed by atoms with E-state index in [1.807, 2.05) is 4.90 Å². The standard InChI is InChI=1S/C10H13N5OS/c11-8(16)7-2-1-3-15(7)10-6(9(12)17)4-13-5-14-10/h4-5,7H,1-3H2,(H2,11,16)(H2,12,17). The number of rotatable bonds is 3. The van der Waals surface area contributed by atoms with Crippen LogP contribution in [0.2, 0.25) is 0 Å². The molecule has 1 saturated heterocycles. The highest BCUT2D eigenvalue weighted by molar-refractivity contribution is 7.80. The van der Waals surface area contributed by atoms with Gasteiger partial charge in [0.25, 0.3) is 0 Å². The number of carbonyl (C=O) groups is 1. The molecule has 0 bridgehead atoms. The molecule has 4 N–H and O–H groups in total. The predicted octanol–water partition coefficient (Wildman–Crippen LogP) is -0.435. The minimum Gasteiger partial charge on any atom is -0.389 e. The minimum absolute atomic E-state index is 0.218. The van der Waals surface area contributed by atoms with Crippen molar-refractivity contribution in [1.82, 2.24) is 9.97 Å². The maximum Gasteiger partial charge on any atom is 0.240 e. The van der Waals surface area contributed by atoms with Gasteiger partial charge in [-0.25, -0.2) is 9.97 Å². The fraction of sp³-hybridized carbons (Fsp3) is 0.400. The summed E-state index contributed by atoms with van der Waals surface area (Å²) >= 11 is 4.94. The summed E-state index contributed by atoms with van der Waals surface area (Å²) in [5, 5.41) is 0. The summed E-state index contributed by atoms with van der Waals surface area (Å²) in [6.45, 7) is 0.722. The van der Waals surface area contributed by atoms with E-state index in [-0.39, 0.29) is 16.9 Å². The fourth-order valence-corrected chi connectivity index (χ4v) is 2.19. The SMILES string of the molecule is NC(=O)C1CCCN1c1ncncc1C(N)=S. The third-order valence-corrected chi connectivity index (χ3v) is 3.03. The van der Waals surface area contributed by atoms with Crippen LogP contribution in [-0.2, 0) is 4.79 Å². The first-order valence-electron chi connectivity index (χ1n) is 5.27. The molecule has 1 amide bonds. The van der Waals surface area contributed by atoms with Gasteiger partial charge in [0.05, 0.1) is 5.56 Å². The smallest absolute Gasteiger partial charge is 0.240 e. The van der Waals surface area contributed by atoms with E-state index >= 15 is 0 Å². The Hall–Kier alpha value is -1.76. The molecule has 1 unspecified atom stereocenters. The fourth-order valence-electron chi connectivity index (χ4n) is 2.04. The van der Waals surface area contributed by atoms with Gasteiger partial charge in [0, 0.05) is 12.7 Å². The molecule has 90 valence electrons. The van der Waals surface area contributed by atoms with E-state index in [4.69, 9.17) is 23.7 Å². The molecule has 1 fully saturated rings. The van der Waals surface area contributed by atoms with Gasteiger partial charge in [0.2, 0.25) is 5.91 Å². The molecule has 1 aliphatic rings. The van der Waals surface area contributed by atoms with Crippen LogP contribution < -0.4 is 16.4 Å². The van der Waals surface area contributed by atoms with Gasteiger partial charge in [-0.1, -0.05) is 12.2 Å². The van der Waals surface area contributed by atoms with Crippen LogP contribution in [0.1, 0.15) is 18.4 Å². The molecule has 2 rings (SSSR count). The number of nitrogens with zero attached hydrogens (tertiary/aromatic N) is 3. The maximum absolute atomic E-state index is 11.3. The normalized spacial score (nSPS) is 19.3. The number of primary amides is 1. The zero-order valence-electron chi connectivity index (χ0n) is 9.17. The first-order chi connectivity index (χ1) is 8.11. The van der Waals surface area contributed by atoms with Crippen LogP contribution >= 0.6 is 12.2 Å². The quantitative estimate of drug-likeness (QED) is 0.707. The lowest BCUT2D eigenvalue weighted by Gasteiger charge is -2.24. The molecule has 0 aromatic carbocycles. The van der Waals surface area contributed by atoms with Crippen LogP contribution in [0.4, 0.5) is 5.82 Å². The minimum atomic E-state index is -0.352. The van der Waals surface area contributed by atoms with Crippen molar-refractivity contribution in [3.63, 3.8) is 0 Å². The Balaban J connectivity index is 2.39. The average molecular weight is 251 g/mol. The summed E-state index contributed by atoms with van der Waals surface area (Å²) < 4.78 is 0. The number of amides is 1. The topological polar surface area (TPSA) is 98.1 Å². The number of aromatic nitrogens is 2. The number of carbonyl (C=O) groups excluding carboxylic acids is 1. The number of hydrogen-bond donors (Lipinski definition) is 2. The van der Waals surface area contributed by atoms with Gasteiger partial charge in [-0.2, -0.15) is 0 Å². The van der Waals surface area contributed by atoms with Gasteiger partial charge in [0.15, 0.2) is 0 Å². The van der Waals surface area contributed by atoms with Gasteiger partial charge in [0.1, 0.15) is 23.2 Å². The summed E-state index contributed by atoms with van der Waals surface area (Å²) in [5.74, 6) is 0.240. The first kappa shape index (κ1) is 11.7. The van der Waals surface area contributed by atoms with Crippen LogP contribution in [0.15, 0.2) is 12.5 Å². The zero-order valence-corrected chi connectivity index (χ0v) is 9.98. The van der Waals surface area contributed by atoms with Crippen molar-refractivity contribution in [1.29, 1.82) is 0 Å². The molecule has 0 spiro atoms. The summed E-state index contributed by atoms with van der Waals surface area (Å²) in [5.41, 5.74) is 11.6. The molecule has 6 nitrogen and oxygen atoms in total. The summed E-state index contributed by atoms with van der Waals surface area (Å²) in [6, 6.07) is -0.335. The highest BCUT2D eigenvalue weighted by atomic mass is 32.1. The average Bonchev–Trinajstić information content (AvgIpc) is 2.77. The molecule has 1 aromatic rings. The molecular formula is C10H13N5OS. The maximum atomic E-state index is 11.3. The Labute approximate surface area is 104 Å². The van der Waals surface area contributed by atoms with Crippen LogP contribution in [0.5, 0.6) is 0 Å². The Morgan fingerprint density at radius 2 is 2.29 bits per heavy atom. The van der Waals surface area contributed by atoms with Crippen LogP contribution in [-0.4, -0.2) is 33.5 Å². The lowest BCUT2D eigenvalue weighted by Crippen LogP contribution is -2.41. The van der Waals surface area contributed by atoms with E-state index in [0.29, 0.717) is 11.4 Å². The molecule has 2 heterocycles. The van der Waals surface area contributed by atoms with Crippen LogP contribution in [0.25, 0.3) is 0 Å². The molecule has 1 atom stereocenters. The molecule has 7 heteroatoms. The van der Waals surface area contributed by atoms with E-state index in [0.717, 1.165) is 19.4 Å². The van der Waals surface area contributed by atoms with Crippen LogP contribution in [0, 0.1) is 0 Å². The zero-order chi connectivity index (χ0) is 12.4. The molecule has 0 radical (unpaired) electrons. The van der Waals surface area contributed by atoms with E-state index in [9.17, 15) is 4.79 Å². The van der Waals surface area contributed by atoms with E-state index < -0.39 is 0 Å². The summed E-state index contributed by atoms with van der Waals surface area (Å²) in [4.78, 5) is 21.4. The van der Waals surface area contributed by atoms with Gasteiger partial charge < -0.3 is 16.4 Å². The van der Waals surface area contributed by atoms with Crippen molar-refractivity contribution < 1.29 is 4.79 Å². The molecule has 0 aliphatic carbocycles. The van der Waals surface area contributed by atoms with E-state index in [1.54, 1.807) is 6.20 Å². The third-order valence-electron chi connectivity index (χ3n) is 2.81. The molecule has 1 aromatic heterocycles. The largest absolute Gasteiger partial charge is 0.389 e. The molecular weight excluding hydrogens is 238 g/mol. The van der Waals surface area contributed by atoms with Gasteiger partial charge >= 0.3 is 0 Å². The molecule has 0 saturated carbocycles. The molecule has 17 heavy (non-hydrogen) atoms. The van der Waals surface area contributed by atoms with Gasteiger partial charge in [-0.3, -0.25) is 4.79 Å². The van der Waals surface area contributed by atoms with Crippen molar-refractivity contribution in [3.8, 4) is 0 Å². The lowest BCUT2D eigenvalue weighted by atomic mass is 10.2. The van der Waals surface area contributed by atoms with E-state index in [2.05, 4.69) is 9.97 Å². The van der Waals surface area contributed by atoms with Gasteiger partial charge in [-0.15, -0.1) is 0 Å². The summed E-state index contributed by atoms with van der Waals surface area (Å²) in [7, 11) is 0. The van der Waals surface area contributed by atoms with Crippen molar-refractivity contribution in [2.75, 3.05) is 11.4 Å². The van der Waals surface area contributed by atoms with Crippen molar-refractivity contribution in [3.05, 3.63) is 18.1 Å². The second-order valence-electron chi connectivity index (χ2n) is 3.88. The Bertz CT molecular complexity index is 464. The lowest BCUT2D eigenvalue weighted by molar-refractivity contribution is -0.119. The van der Waals surface area contributed by atoms with Gasteiger partial charge in [-0.05, 0) is 12.8 Å². The predicted molar refractivity (Wildman–Crippen MR) is 67.5 cm³/mol. The monoisotopic (exact) mass is 251 g/mol. The highest BCUT2D eigenvalue weighted by Crippen LogP contribution is 2.25. The second-order valence-corrected chi connectivity index (χ2v) is 4.32. The first-order valence-corrected chi connectivity index (χ1v) is 5.68. The van der Waals surface area contributed by atoms with Crippen molar-refractivity contribution in [2.45, 2.75) is 18.9 Å². The molecule has 1 aliphatic heterocycles. The number of anilines is 1. The van der Waals surface area contributed by atoms with Crippen LogP contribution in [0.3, 0.4) is 0 Å². The number of hydrogen-bond acceptors (Lipinski definition) is 5.